The molecule has 0 aliphatic rings. The molecule has 106 valence electrons. The zero-order valence-electron chi connectivity index (χ0n) is 11.6. The van der Waals surface area contributed by atoms with Gasteiger partial charge in [-0.15, -0.1) is 22.7 Å². The highest BCUT2D eigenvalue weighted by molar-refractivity contribution is 7.16. The van der Waals surface area contributed by atoms with E-state index in [1.54, 1.807) is 5.38 Å². The molecule has 3 aromatic rings. The minimum atomic E-state index is -0.220. The molecule has 0 unspecified atom stereocenters. The second-order valence-electron chi connectivity index (χ2n) is 4.52. The van der Waals surface area contributed by atoms with Crippen molar-refractivity contribution in [2.75, 3.05) is 5.32 Å². The van der Waals surface area contributed by atoms with Crippen LogP contribution < -0.4 is 5.32 Å². The number of carbonyl (C=O) groups is 1. The smallest absolute Gasteiger partial charge is 0.276 e. The quantitative estimate of drug-likeness (QED) is 0.790. The largest absolute Gasteiger partial charge is 0.296 e. The van der Waals surface area contributed by atoms with Crippen LogP contribution in [0.25, 0.3) is 10.6 Å². The van der Waals surface area contributed by atoms with Gasteiger partial charge in [0, 0.05) is 15.8 Å². The van der Waals surface area contributed by atoms with Crippen LogP contribution in [-0.2, 0) is 0 Å². The predicted octanol–water partition coefficient (Wildman–Crippen LogP) is 4.14. The number of carbonyl (C=O) groups excluding carboxylic acids is 1. The molecule has 0 bridgehead atoms. The number of hydrogen-bond acceptors (Lipinski definition) is 5. The molecule has 21 heavy (non-hydrogen) atoms. The lowest BCUT2D eigenvalue weighted by atomic mass is 10.2. The van der Waals surface area contributed by atoms with Gasteiger partial charge in [0.25, 0.3) is 5.91 Å². The van der Waals surface area contributed by atoms with Crippen molar-refractivity contribution in [2.45, 2.75) is 13.8 Å². The van der Waals surface area contributed by atoms with Crippen molar-refractivity contribution in [1.29, 1.82) is 0 Å². The van der Waals surface area contributed by atoms with Crippen LogP contribution in [0.15, 0.2) is 35.7 Å². The maximum atomic E-state index is 12.2. The Balaban J connectivity index is 1.78. The predicted molar refractivity (Wildman–Crippen MR) is 87.1 cm³/mol. The molecule has 6 heteroatoms. The van der Waals surface area contributed by atoms with Crippen molar-refractivity contribution >= 4 is 33.7 Å². The number of anilines is 1. The molecule has 0 saturated carbocycles. The maximum absolute atomic E-state index is 12.2. The van der Waals surface area contributed by atoms with Crippen LogP contribution in [0.1, 0.15) is 21.1 Å². The lowest BCUT2D eigenvalue weighted by molar-refractivity contribution is 0.102. The number of hydrogen-bond donors (Lipinski definition) is 1. The molecule has 0 atom stereocenters. The molecule has 0 fully saturated rings. The second kappa shape index (κ2) is 5.75. The van der Waals surface area contributed by atoms with Crippen LogP contribution in [0.5, 0.6) is 0 Å². The summed E-state index contributed by atoms with van der Waals surface area (Å²) in [6.07, 6.45) is 0. The van der Waals surface area contributed by atoms with Crippen LogP contribution in [0, 0.1) is 13.8 Å². The number of aryl methyl sites for hydroxylation is 2. The van der Waals surface area contributed by atoms with Gasteiger partial charge in [0.15, 0.2) is 5.13 Å². The Bertz CT molecular complexity index is 758. The SMILES string of the molecule is Cc1nc(NC(=O)c2csc(-c3ccccc3)n2)sc1C. The fraction of sp³-hybridized carbons (Fsp3) is 0.133. The number of aromatic nitrogens is 2. The van der Waals surface area contributed by atoms with Crippen LogP contribution in [0.2, 0.25) is 0 Å². The molecular weight excluding hydrogens is 302 g/mol. The van der Waals surface area contributed by atoms with Crippen molar-refractivity contribution in [1.82, 2.24) is 9.97 Å². The number of benzene rings is 1. The lowest BCUT2D eigenvalue weighted by Crippen LogP contribution is -2.12. The van der Waals surface area contributed by atoms with Gasteiger partial charge in [-0.05, 0) is 13.8 Å². The van der Waals surface area contributed by atoms with Crippen molar-refractivity contribution in [3.05, 3.63) is 52.0 Å². The molecule has 4 nitrogen and oxygen atoms in total. The third-order valence-corrected chi connectivity index (χ3v) is 4.89. The summed E-state index contributed by atoms with van der Waals surface area (Å²) in [4.78, 5) is 22.0. The molecule has 3 rings (SSSR count). The minimum absolute atomic E-state index is 0.220. The molecule has 0 aliphatic carbocycles. The summed E-state index contributed by atoms with van der Waals surface area (Å²) >= 11 is 2.93. The summed E-state index contributed by atoms with van der Waals surface area (Å²) in [7, 11) is 0. The fourth-order valence-electron chi connectivity index (χ4n) is 1.78. The first kappa shape index (κ1) is 13.9. The lowest BCUT2D eigenvalue weighted by Gasteiger charge is -1.97. The van der Waals surface area contributed by atoms with E-state index >= 15 is 0 Å². The molecule has 1 amide bonds. The van der Waals surface area contributed by atoms with Gasteiger partial charge in [-0.1, -0.05) is 30.3 Å². The summed E-state index contributed by atoms with van der Waals surface area (Å²) in [5.74, 6) is -0.220. The Morgan fingerprint density at radius 3 is 2.57 bits per heavy atom. The molecule has 0 radical (unpaired) electrons. The highest BCUT2D eigenvalue weighted by Gasteiger charge is 2.14. The van der Waals surface area contributed by atoms with Gasteiger partial charge in [-0.2, -0.15) is 0 Å². The summed E-state index contributed by atoms with van der Waals surface area (Å²) in [6.45, 7) is 3.91. The first-order chi connectivity index (χ1) is 10.1. The van der Waals surface area contributed by atoms with E-state index in [0.29, 0.717) is 10.8 Å². The van der Waals surface area contributed by atoms with Gasteiger partial charge < -0.3 is 0 Å². The van der Waals surface area contributed by atoms with Crippen molar-refractivity contribution < 1.29 is 4.79 Å². The average Bonchev–Trinajstić information content (AvgIpc) is 3.08. The van der Waals surface area contributed by atoms with E-state index in [1.165, 1.54) is 22.7 Å². The van der Waals surface area contributed by atoms with Crippen molar-refractivity contribution in [3.63, 3.8) is 0 Å². The number of nitrogens with zero attached hydrogens (tertiary/aromatic N) is 2. The summed E-state index contributed by atoms with van der Waals surface area (Å²) < 4.78 is 0. The Labute approximate surface area is 130 Å². The Kier molecular flexibility index (Phi) is 3.81. The standard InChI is InChI=1S/C15H13N3OS2/c1-9-10(2)21-15(16-9)18-13(19)12-8-20-14(17-12)11-6-4-3-5-7-11/h3-8H,1-2H3,(H,16,18,19). The van der Waals surface area contributed by atoms with Crippen molar-refractivity contribution in [2.24, 2.45) is 0 Å². The Morgan fingerprint density at radius 1 is 1.14 bits per heavy atom. The number of nitrogens with one attached hydrogen (secondary N) is 1. The van der Waals surface area contributed by atoms with Crippen molar-refractivity contribution in [3.8, 4) is 10.6 Å². The fourth-order valence-corrected chi connectivity index (χ4v) is 3.39. The van der Waals surface area contributed by atoms with Crippen LogP contribution in [0.3, 0.4) is 0 Å². The van der Waals surface area contributed by atoms with Gasteiger partial charge in [0.1, 0.15) is 10.7 Å². The van der Waals surface area contributed by atoms with E-state index in [4.69, 9.17) is 0 Å². The van der Waals surface area contributed by atoms with Crippen LogP contribution >= 0.6 is 22.7 Å². The van der Waals surface area contributed by atoms with Gasteiger partial charge in [-0.3, -0.25) is 10.1 Å². The number of rotatable bonds is 3. The molecule has 0 spiro atoms. The highest BCUT2D eigenvalue weighted by atomic mass is 32.1. The van der Waals surface area contributed by atoms with E-state index in [-0.39, 0.29) is 5.91 Å². The summed E-state index contributed by atoms with van der Waals surface area (Å²) in [6, 6.07) is 9.83. The highest BCUT2D eigenvalue weighted by Crippen LogP contribution is 2.25. The second-order valence-corrected chi connectivity index (χ2v) is 6.58. The molecule has 0 aliphatic heterocycles. The zero-order chi connectivity index (χ0) is 14.8. The summed E-state index contributed by atoms with van der Waals surface area (Å²) in [5, 5.41) is 6.02. The monoisotopic (exact) mass is 315 g/mol. The number of amides is 1. The topological polar surface area (TPSA) is 54.9 Å². The average molecular weight is 315 g/mol. The Hall–Kier alpha value is -2.05. The molecule has 0 saturated heterocycles. The molecule has 1 aromatic carbocycles. The third-order valence-electron chi connectivity index (χ3n) is 3.01. The van der Waals surface area contributed by atoms with Gasteiger partial charge in [-0.25, -0.2) is 9.97 Å². The zero-order valence-corrected chi connectivity index (χ0v) is 13.2. The van der Waals surface area contributed by atoms with E-state index in [0.717, 1.165) is 21.1 Å². The molecule has 2 heterocycles. The van der Waals surface area contributed by atoms with Crippen LogP contribution in [-0.4, -0.2) is 15.9 Å². The van der Waals surface area contributed by atoms with Gasteiger partial charge in [0.05, 0.1) is 5.69 Å². The maximum Gasteiger partial charge on any atom is 0.276 e. The number of thiazole rings is 2. The normalized spacial score (nSPS) is 10.6. The molecular formula is C15H13N3OS2. The van der Waals surface area contributed by atoms with E-state index in [2.05, 4.69) is 15.3 Å². The van der Waals surface area contributed by atoms with Gasteiger partial charge in [0.2, 0.25) is 0 Å². The van der Waals surface area contributed by atoms with Gasteiger partial charge >= 0.3 is 0 Å². The molecule has 2 aromatic heterocycles. The minimum Gasteiger partial charge on any atom is -0.296 e. The van der Waals surface area contributed by atoms with Crippen LogP contribution in [0.4, 0.5) is 5.13 Å². The third kappa shape index (κ3) is 3.01. The van der Waals surface area contributed by atoms with E-state index in [9.17, 15) is 4.79 Å². The van der Waals surface area contributed by atoms with E-state index < -0.39 is 0 Å². The first-order valence-corrected chi connectivity index (χ1v) is 8.09. The first-order valence-electron chi connectivity index (χ1n) is 6.40. The Morgan fingerprint density at radius 2 is 1.90 bits per heavy atom. The molecule has 1 N–H and O–H groups in total. The van der Waals surface area contributed by atoms with E-state index in [1.807, 2.05) is 44.2 Å². The summed E-state index contributed by atoms with van der Waals surface area (Å²) in [5.41, 5.74) is 2.38.